The summed E-state index contributed by atoms with van der Waals surface area (Å²) in [7, 11) is 0. The summed E-state index contributed by atoms with van der Waals surface area (Å²) in [4.78, 5) is 12.5. The van der Waals surface area contributed by atoms with Gasteiger partial charge in [0.25, 0.3) is 0 Å². The van der Waals surface area contributed by atoms with Gasteiger partial charge in [0.2, 0.25) is 5.91 Å². The Morgan fingerprint density at radius 3 is 2.55 bits per heavy atom. The van der Waals surface area contributed by atoms with E-state index >= 15 is 0 Å². The molecule has 1 saturated carbocycles. The molecule has 4 heteroatoms. The van der Waals surface area contributed by atoms with Crippen molar-refractivity contribution < 1.29 is 4.79 Å². The topological polar surface area (TPSA) is 55.1 Å². The minimum Gasteiger partial charge on any atom is -0.392 e. The van der Waals surface area contributed by atoms with Crippen molar-refractivity contribution in [1.82, 2.24) is 5.32 Å². The number of amides is 1. The van der Waals surface area contributed by atoms with Crippen LogP contribution in [0.25, 0.3) is 0 Å². The lowest BCUT2D eigenvalue weighted by molar-refractivity contribution is -0.121. The molecule has 0 radical (unpaired) electrons. The molecule has 0 aromatic heterocycles. The monoisotopic (exact) mass is 290 g/mol. The van der Waals surface area contributed by atoms with Crippen LogP contribution in [0.1, 0.15) is 43.6 Å². The zero-order valence-electron chi connectivity index (χ0n) is 11.7. The summed E-state index contributed by atoms with van der Waals surface area (Å²) in [5.74, 6) is 0.173. The van der Waals surface area contributed by atoms with E-state index in [1.807, 2.05) is 30.3 Å². The molecule has 1 atom stereocenters. The summed E-state index contributed by atoms with van der Waals surface area (Å²) in [6.07, 6.45) is 6.32. The zero-order chi connectivity index (χ0) is 14.4. The Balaban J connectivity index is 1.89. The molecule has 0 aliphatic heterocycles. The fraction of sp³-hybridized carbons (Fsp3) is 0.500. The van der Waals surface area contributed by atoms with Crippen LogP contribution in [0.15, 0.2) is 30.3 Å². The van der Waals surface area contributed by atoms with Gasteiger partial charge >= 0.3 is 0 Å². The quantitative estimate of drug-likeness (QED) is 0.792. The van der Waals surface area contributed by atoms with Gasteiger partial charge in [0, 0.05) is 6.54 Å². The van der Waals surface area contributed by atoms with E-state index in [0.29, 0.717) is 0 Å². The molecule has 1 amide bonds. The Labute approximate surface area is 125 Å². The average molecular weight is 290 g/mol. The Morgan fingerprint density at radius 2 is 1.95 bits per heavy atom. The van der Waals surface area contributed by atoms with E-state index in [0.717, 1.165) is 24.4 Å². The van der Waals surface area contributed by atoms with Crippen LogP contribution in [0.4, 0.5) is 0 Å². The first-order valence-electron chi connectivity index (χ1n) is 7.30. The summed E-state index contributed by atoms with van der Waals surface area (Å²) >= 11 is 5.05. The standard InChI is InChI=1S/C16H22N2OS/c17-15(20)14(13-8-2-1-3-9-13)16(19)18-11-10-12-6-4-5-7-12/h1-3,8-9,12,14H,4-7,10-11H2,(H2,17,20)(H,18,19). The van der Waals surface area contributed by atoms with E-state index in [9.17, 15) is 4.79 Å². The third-order valence-corrected chi connectivity index (χ3v) is 4.24. The van der Waals surface area contributed by atoms with Crippen molar-refractivity contribution in [1.29, 1.82) is 0 Å². The maximum atomic E-state index is 12.3. The molecule has 1 aromatic rings. The van der Waals surface area contributed by atoms with Crippen LogP contribution >= 0.6 is 12.2 Å². The molecule has 3 nitrogen and oxygen atoms in total. The van der Waals surface area contributed by atoms with Gasteiger partial charge in [0.05, 0.1) is 4.99 Å². The highest BCUT2D eigenvalue weighted by atomic mass is 32.1. The van der Waals surface area contributed by atoms with Crippen LogP contribution in [0.5, 0.6) is 0 Å². The van der Waals surface area contributed by atoms with Crippen molar-refractivity contribution in [2.75, 3.05) is 6.54 Å². The number of nitrogens with one attached hydrogen (secondary N) is 1. The number of thiocarbonyl (C=S) groups is 1. The molecule has 0 spiro atoms. The predicted octanol–water partition coefficient (Wildman–Crippen LogP) is 2.75. The van der Waals surface area contributed by atoms with E-state index in [2.05, 4.69) is 5.32 Å². The molecule has 20 heavy (non-hydrogen) atoms. The summed E-state index contributed by atoms with van der Waals surface area (Å²) in [5, 5.41) is 2.98. The van der Waals surface area contributed by atoms with Gasteiger partial charge in [-0.1, -0.05) is 68.2 Å². The Bertz CT molecular complexity index is 455. The molecule has 0 bridgehead atoms. The molecule has 0 saturated heterocycles. The first-order valence-corrected chi connectivity index (χ1v) is 7.71. The van der Waals surface area contributed by atoms with Crippen LogP contribution in [0.3, 0.4) is 0 Å². The van der Waals surface area contributed by atoms with Crippen molar-refractivity contribution >= 4 is 23.1 Å². The Morgan fingerprint density at radius 1 is 1.30 bits per heavy atom. The molecular formula is C16H22N2OS. The van der Waals surface area contributed by atoms with Gasteiger partial charge in [0.15, 0.2) is 0 Å². The van der Waals surface area contributed by atoms with E-state index in [1.54, 1.807) is 0 Å². The third-order valence-electron chi connectivity index (χ3n) is 4.01. The molecule has 1 fully saturated rings. The maximum absolute atomic E-state index is 12.3. The smallest absolute Gasteiger partial charge is 0.234 e. The molecule has 2 rings (SSSR count). The van der Waals surface area contributed by atoms with E-state index in [1.165, 1.54) is 25.7 Å². The highest BCUT2D eigenvalue weighted by molar-refractivity contribution is 7.80. The van der Waals surface area contributed by atoms with Crippen LogP contribution in [0, 0.1) is 5.92 Å². The second-order valence-corrected chi connectivity index (χ2v) is 5.95. The summed E-state index contributed by atoms with van der Waals surface area (Å²) < 4.78 is 0. The number of hydrogen-bond donors (Lipinski definition) is 2. The van der Waals surface area contributed by atoms with Gasteiger partial charge in [-0.05, 0) is 17.9 Å². The van der Waals surface area contributed by atoms with Gasteiger partial charge in [-0.2, -0.15) is 0 Å². The third kappa shape index (κ3) is 4.04. The number of carbonyl (C=O) groups excluding carboxylic acids is 1. The van der Waals surface area contributed by atoms with E-state index in [-0.39, 0.29) is 10.9 Å². The van der Waals surface area contributed by atoms with E-state index < -0.39 is 5.92 Å². The second-order valence-electron chi connectivity index (χ2n) is 5.48. The number of carbonyl (C=O) groups is 1. The number of hydrogen-bond acceptors (Lipinski definition) is 2. The Kier molecular flexibility index (Phi) is 5.53. The highest BCUT2D eigenvalue weighted by Gasteiger charge is 2.23. The van der Waals surface area contributed by atoms with Crippen LogP contribution in [-0.2, 0) is 4.79 Å². The first kappa shape index (κ1) is 15.0. The summed E-state index contributed by atoms with van der Waals surface area (Å²) in [5.41, 5.74) is 6.59. The van der Waals surface area contributed by atoms with Gasteiger partial charge in [0.1, 0.15) is 5.92 Å². The SMILES string of the molecule is NC(=S)C(C(=O)NCCC1CCCC1)c1ccccc1. The number of nitrogens with two attached hydrogens (primary N) is 1. The Hall–Kier alpha value is -1.42. The van der Waals surface area contributed by atoms with Crippen molar-refractivity contribution in [3.05, 3.63) is 35.9 Å². The highest BCUT2D eigenvalue weighted by Crippen LogP contribution is 2.27. The van der Waals surface area contributed by atoms with Gasteiger partial charge < -0.3 is 11.1 Å². The summed E-state index contributed by atoms with van der Waals surface area (Å²) in [6, 6.07) is 9.48. The molecule has 1 aliphatic rings. The lowest BCUT2D eigenvalue weighted by atomic mass is 9.98. The van der Waals surface area contributed by atoms with Crippen LogP contribution in [0.2, 0.25) is 0 Å². The molecule has 108 valence electrons. The van der Waals surface area contributed by atoms with Crippen molar-refractivity contribution in [3.8, 4) is 0 Å². The fourth-order valence-corrected chi connectivity index (χ4v) is 3.13. The summed E-state index contributed by atoms with van der Waals surface area (Å²) in [6.45, 7) is 0.718. The fourth-order valence-electron chi connectivity index (χ4n) is 2.89. The first-order chi connectivity index (χ1) is 9.68. The van der Waals surface area contributed by atoms with Crippen molar-refractivity contribution in [3.63, 3.8) is 0 Å². The van der Waals surface area contributed by atoms with Crippen molar-refractivity contribution in [2.45, 2.75) is 38.0 Å². The largest absolute Gasteiger partial charge is 0.392 e. The molecule has 1 unspecified atom stereocenters. The second kappa shape index (κ2) is 7.39. The van der Waals surface area contributed by atoms with Crippen LogP contribution in [-0.4, -0.2) is 17.4 Å². The minimum absolute atomic E-state index is 0.0818. The van der Waals surface area contributed by atoms with Gasteiger partial charge in [-0.15, -0.1) is 0 Å². The zero-order valence-corrected chi connectivity index (χ0v) is 12.5. The van der Waals surface area contributed by atoms with E-state index in [4.69, 9.17) is 18.0 Å². The normalized spacial score (nSPS) is 16.8. The minimum atomic E-state index is -0.519. The number of benzene rings is 1. The molecular weight excluding hydrogens is 268 g/mol. The average Bonchev–Trinajstić information content (AvgIpc) is 2.93. The lowest BCUT2D eigenvalue weighted by Gasteiger charge is -2.17. The molecule has 1 aromatic carbocycles. The lowest BCUT2D eigenvalue weighted by Crippen LogP contribution is -2.37. The maximum Gasteiger partial charge on any atom is 0.234 e. The van der Waals surface area contributed by atoms with Crippen LogP contribution < -0.4 is 11.1 Å². The number of rotatable bonds is 6. The molecule has 3 N–H and O–H groups in total. The van der Waals surface area contributed by atoms with Gasteiger partial charge in [-0.25, -0.2) is 0 Å². The predicted molar refractivity (Wildman–Crippen MR) is 85.6 cm³/mol. The molecule has 0 heterocycles. The van der Waals surface area contributed by atoms with Gasteiger partial charge in [-0.3, -0.25) is 4.79 Å². The molecule has 1 aliphatic carbocycles. The van der Waals surface area contributed by atoms with Crippen molar-refractivity contribution in [2.24, 2.45) is 11.7 Å².